The van der Waals surface area contributed by atoms with Crippen LogP contribution in [0.25, 0.3) is 5.82 Å². The van der Waals surface area contributed by atoms with E-state index in [4.69, 9.17) is 0 Å². The zero-order chi connectivity index (χ0) is 14.5. The standard InChI is InChI=1S/C15H14N4OS/c20-14(10-13-5-2-9-21-13)17-11-12-4-1-6-16-15(12)19-8-3-7-18-19/h1-9H,10-11H2,(H,17,20). The Labute approximate surface area is 126 Å². The normalized spacial score (nSPS) is 10.5. The molecule has 0 aromatic carbocycles. The lowest BCUT2D eigenvalue weighted by Crippen LogP contribution is -2.25. The van der Waals surface area contributed by atoms with Crippen LogP contribution in [0.1, 0.15) is 10.4 Å². The molecule has 0 radical (unpaired) electrons. The lowest BCUT2D eigenvalue weighted by Gasteiger charge is -2.09. The summed E-state index contributed by atoms with van der Waals surface area (Å²) in [6, 6.07) is 9.55. The Hall–Kier alpha value is -2.47. The Morgan fingerprint density at radius 3 is 2.95 bits per heavy atom. The molecular weight excluding hydrogens is 284 g/mol. The Morgan fingerprint density at radius 2 is 2.19 bits per heavy atom. The van der Waals surface area contributed by atoms with Gasteiger partial charge >= 0.3 is 0 Å². The predicted molar refractivity (Wildman–Crippen MR) is 81.2 cm³/mol. The van der Waals surface area contributed by atoms with Crippen molar-refractivity contribution >= 4 is 17.2 Å². The van der Waals surface area contributed by atoms with Gasteiger partial charge in [-0.3, -0.25) is 4.79 Å². The van der Waals surface area contributed by atoms with E-state index in [2.05, 4.69) is 15.4 Å². The molecule has 6 heteroatoms. The first-order chi connectivity index (χ1) is 10.3. The van der Waals surface area contributed by atoms with Crippen molar-refractivity contribution in [2.24, 2.45) is 0 Å². The third-order valence-corrected chi connectivity index (χ3v) is 3.86. The van der Waals surface area contributed by atoms with Gasteiger partial charge < -0.3 is 5.32 Å². The lowest BCUT2D eigenvalue weighted by atomic mass is 10.2. The molecule has 1 amide bonds. The molecule has 0 saturated heterocycles. The summed E-state index contributed by atoms with van der Waals surface area (Å²) >= 11 is 1.59. The predicted octanol–water partition coefficient (Wildman–Crippen LogP) is 2.19. The number of thiophene rings is 1. The first-order valence-electron chi connectivity index (χ1n) is 6.56. The second-order valence-electron chi connectivity index (χ2n) is 4.47. The van der Waals surface area contributed by atoms with Crippen LogP contribution in [0, 0.1) is 0 Å². The molecule has 0 aliphatic heterocycles. The number of carbonyl (C=O) groups is 1. The summed E-state index contributed by atoms with van der Waals surface area (Å²) < 4.78 is 1.70. The summed E-state index contributed by atoms with van der Waals surface area (Å²) in [5.74, 6) is 0.742. The highest BCUT2D eigenvalue weighted by molar-refractivity contribution is 7.10. The van der Waals surface area contributed by atoms with E-state index in [1.807, 2.05) is 41.9 Å². The highest BCUT2D eigenvalue weighted by atomic mass is 32.1. The van der Waals surface area contributed by atoms with Crippen molar-refractivity contribution in [2.45, 2.75) is 13.0 Å². The second-order valence-corrected chi connectivity index (χ2v) is 5.50. The van der Waals surface area contributed by atoms with E-state index in [1.165, 1.54) is 0 Å². The number of hydrogen-bond donors (Lipinski definition) is 1. The summed E-state index contributed by atoms with van der Waals surface area (Å²) in [7, 11) is 0. The zero-order valence-corrected chi connectivity index (χ0v) is 12.1. The van der Waals surface area contributed by atoms with Gasteiger partial charge in [-0.15, -0.1) is 11.3 Å². The minimum absolute atomic E-state index is 0.00715. The third-order valence-electron chi connectivity index (χ3n) is 2.98. The van der Waals surface area contributed by atoms with E-state index >= 15 is 0 Å². The van der Waals surface area contributed by atoms with Crippen LogP contribution in [0.5, 0.6) is 0 Å². The summed E-state index contributed by atoms with van der Waals surface area (Å²) in [6.45, 7) is 0.438. The maximum Gasteiger partial charge on any atom is 0.225 e. The van der Waals surface area contributed by atoms with Crippen molar-refractivity contribution in [2.75, 3.05) is 0 Å². The Bertz CT molecular complexity index is 707. The maximum absolute atomic E-state index is 11.9. The maximum atomic E-state index is 11.9. The van der Waals surface area contributed by atoms with E-state index in [0.717, 1.165) is 16.3 Å². The molecule has 0 spiro atoms. The minimum atomic E-state index is 0.00715. The fourth-order valence-corrected chi connectivity index (χ4v) is 2.70. The van der Waals surface area contributed by atoms with Crippen molar-refractivity contribution in [3.63, 3.8) is 0 Å². The van der Waals surface area contributed by atoms with Gasteiger partial charge in [-0.05, 0) is 23.6 Å². The van der Waals surface area contributed by atoms with Gasteiger partial charge in [0.1, 0.15) is 0 Å². The summed E-state index contributed by atoms with van der Waals surface area (Å²) in [5.41, 5.74) is 0.931. The van der Waals surface area contributed by atoms with Crippen molar-refractivity contribution in [1.29, 1.82) is 0 Å². The summed E-state index contributed by atoms with van der Waals surface area (Å²) in [6.07, 6.45) is 5.66. The van der Waals surface area contributed by atoms with Crippen molar-refractivity contribution in [3.05, 3.63) is 64.7 Å². The van der Waals surface area contributed by atoms with E-state index in [9.17, 15) is 4.79 Å². The number of nitrogens with one attached hydrogen (secondary N) is 1. The molecule has 3 aromatic rings. The highest BCUT2D eigenvalue weighted by Gasteiger charge is 2.08. The first kappa shape index (κ1) is 13.5. The molecule has 3 rings (SSSR count). The van der Waals surface area contributed by atoms with Crippen LogP contribution in [0.15, 0.2) is 54.3 Å². The van der Waals surface area contributed by atoms with Crippen LogP contribution in [0.4, 0.5) is 0 Å². The highest BCUT2D eigenvalue weighted by Crippen LogP contribution is 2.11. The molecule has 5 nitrogen and oxygen atoms in total. The van der Waals surface area contributed by atoms with Gasteiger partial charge in [0.15, 0.2) is 5.82 Å². The molecule has 0 aliphatic carbocycles. The fraction of sp³-hybridized carbons (Fsp3) is 0.133. The van der Waals surface area contributed by atoms with Crippen molar-refractivity contribution < 1.29 is 4.79 Å². The monoisotopic (exact) mass is 298 g/mol. The van der Waals surface area contributed by atoms with E-state index in [0.29, 0.717) is 13.0 Å². The molecular formula is C15H14N4OS. The SMILES string of the molecule is O=C(Cc1cccs1)NCc1cccnc1-n1cccn1. The molecule has 0 atom stereocenters. The fourth-order valence-electron chi connectivity index (χ4n) is 2.00. The first-order valence-corrected chi connectivity index (χ1v) is 7.44. The van der Waals surface area contributed by atoms with Crippen molar-refractivity contribution in [1.82, 2.24) is 20.1 Å². The zero-order valence-electron chi connectivity index (χ0n) is 11.3. The Kier molecular flexibility index (Phi) is 4.07. The van der Waals surface area contributed by atoms with Gasteiger partial charge in [0.2, 0.25) is 5.91 Å². The molecule has 0 unspecified atom stereocenters. The minimum Gasteiger partial charge on any atom is -0.352 e. The number of carbonyl (C=O) groups excluding carboxylic acids is 1. The molecule has 106 valence electrons. The topological polar surface area (TPSA) is 59.8 Å². The third kappa shape index (κ3) is 3.35. The van der Waals surface area contributed by atoms with Gasteiger partial charge in [0, 0.05) is 35.6 Å². The van der Waals surface area contributed by atoms with Crippen LogP contribution in [-0.4, -0.2) is 20.7 Å². The van der Waals surface area contributed by atoms with E-state index in [-0.39, 0.29) is 5.91 Å². The average Bonchev–Trinajstić information content (AvgIpc) is 3.18. The Morgan fingerprint density at radius 1 is 1.24 bits per heavy atom. The number of rotatable bonds is 5. The van der Waals surface area contributed by atoms with E-state index in [1.54, 1.807) is 28.4 Å². The molecule has 1 N–H and O–H groups in total. The van der Waals surface area contributed by atoms with Gasteiger partial charge in [-0.1, -0.05) is 12.1 Å². The number of amides is 1. The van der Waals surface area contributed by atoms with Crippen LogP contribution < -0.4 is 5.32 Å². The molecule has 0 aliphatic rings. The lowest BCUT2D eigenvalue weighted by molar-refractivity contribution is -0.120. The summed E-state index contributed by atoms with van der Waals surface area (Å²) in [5, 5.41) is 9.08. The van der Waals surface area contributed by atoms with Crippen molar-refractivity contribution in [3.8, 4) is 5.82 Å². The second kappa shape index (κ2) is 6.32. The number of aromatic nitrogens is 3. The number of nitrogens with zero attached hydrogens (tertiary/aromatic N) is 3. The molecule has 21 heavy (non-hydrogen) atoms. The van der Waals surface area contributed by atoms with Gasteiger partial charge in [0.25, 0.3) is 0 Å². The quantitative estimate of drug-likeness (QED) is 0.785. The van der Waals surface area contributed by atoms with Crippen LogP contribution in [0.2, 0.25) is 0 Å². The largest absolute Gasteiger partial charge is 0.352 e. The summed E-state index contributed by atoms with van der Waals surface area (Å²) in [4.78, 5) is 17.3. The van der Waals surface area contributed by atoms with Crippen LogP contribution in [0.3, 0.4) is 0 Å². The molecule has 3 heterocycles. The van der Waals surface area contributed by atoms with Gasteiger partial charge in [-0.2, -0.15) is 5.10 Å². The molecule has 0 fully saturated rings. The molecule has 0 bridgehead atoms. The number of pyridine rings is 1. The van der Waals surface area contributed by atoms with Crippen LogP contribution in [-0.2, 0) is 17.8 Å². The number of hydrogen-bond acceptors (Lipinski definition) is 4. The van der Waals surface area contributed by atoms with Gasteiger partial charge in [0.05, 0.1) is 6.42 Å². The van der Waals surface area contributed by atoms with Crippen LogP contribution >= 0.6 is 11.3 Å². The molecule has 0 saturated carbocycles. The van der Waals surface area contributed by atoms with E-state index < -0.39 is 0 Å². The smallest absolute Gasteiger partial charge is 0.225 e. The molecule has 3 aromatic heterocycles. The Balaban J connectivity index is 1.67. The van der Waals surface area contributed by atoms with Gasteiger partial charge in [-0.25, -0.2) is 9.67 Å². The average molecular weight is 298 g/mol.